The number of fused-ring (bicyclic) bond motifs is 1. The highest BCUT2D eigenvalue weighted by Gasteiger charge is 2.49. The van der Waals surface area contributed by atoms with E-state index in [0.29, 0.717) is 11.3 Å². The van der Waals surface area contributed by atoms with Gasteiger partial charge in [0.05, 0.1) is 29.7 Å². The average molecular weight is 396 g/mol. The van der Waals surface area contributed by atoms with Gasteiger partial charge >= 0.3 is 0 Å². The van der Waals surface area contributed by atoms with E-state index in [1.54, 1.807) is 42.5 Å². The van der Waals surface area contributed by atoms with Gasteiger partial charge in [-0.15, -0.1) is 0 Å². The highest BCUT2D eigenvalue weighted by molar-refractivity contribution is 7.89. The van der Waals surface area contributed by atoms with Crippen LogP contribution in [0.1, 0.15) is 5.56 Å². The Bertz CT molecular complexity index is 1110. The van der Waals surface area contributed by atoms with Crippen molar-refractivity contribution in [3.8, 4) is 5.75 Å². The van der Waals surface area contributed by atoms with E-state index < -0.39 is 33.5 Å². The van der Waals surface area contributed by atoms with Gasteiger partial charge in [-0.1, -0.05) is 24.3 Å². The molecule has 0 fully saturated rings. The molecule has 28 heavy (non-hydrogen) atoms. The van der Waals surface area contributed by atoms with Crippen molar-refractivity contribution in [2.24, 2.45) is 11.0 Å². The number of methoxy groups -OCH3 is 1. The van der Waals surface area contributed by atoms with Gasteiger partial charge in [0.25, 0.3) is 10.0 Å². The zero-order valence-corrected chi connectivity index (χ0v) is 15.7. The number of hydrogen-bond donors (Lipinski definition) is 0. The minimum absolute atomic E-state index is 0.0613. The molecule has 1 aliphatic carbocycles. The number of Topliss-reactive ketones (excluding diaryl/α,β-unsaturated/α-hetero) is 1. The average Bonchev–Trinajstić information content (AvgIpc) is 3.12. The molecular formula is C20H16N2O5S. The SMILES string of the molecule is COc1ccc(C2=NN(S(=O)(=O)c3ccccc3)C3C=CC(=O)C(=O)C23)cc1. The van der Waals surface area contributed by atoms with Crippen LogP contribution in [-0.2, 0) is 19.6 Å². The molecule has 2 atom stereocenters. The molecule has 8 heteroatoms. The van der Waals surface area contributed by atoms with Crippen LogP contribution in [0, 0.1) is 5.92 Å². The topological polar surface area (TPSA) is 93.1 Å². The van der Waals surface area contributed by atoms with Gasteiger partial charge in [-0.05, 0) is 48.0 Å². The van der Waals surface area contributed by atoms with Gasteiger partial charge in [0.1, 0.15) is 5.75 Å². The third-order valence-electron chi connectivity index (χ3n) is 4.74. The zero-order valence-electron chi connectivity index (χ0n) is 14.8. The third-order valence-corrected chi connectivity index (χ3v) is 6.43. The number of rotatable bonds is 4. The van der Waals surface area contributed by atoms with Crippen LogP contribution in [0.2, 0.25) is 0 Å². The number of carbonyl (C=O) groups is 2. The number of hydrazone groups is 1. The first kappa shape index (κ1) is 18.1. The number of hydrogen-bond acceptors (Lipinski definition) is 6. The smallest absolute Gasteiger partial charge is 0.279 e. The van der Waals surface area contributed by atoms with Gasteiger partial charge < -0.3 is 4.74 Å². The van der Waals surface area contributed by atoms with Crippen molar-refractivity contribution in [3.05, 3.63) is 72.3 Å². The van der Waals surface area contributed by atoms with E-state index in [1.807, 2.05) is 0 Å². The Labute approximate surface area is 162 Å². The number of ether oxygens (including phenoxy) is 1. The summed E-state index contributed by atoms with van der Waals surface area (Å²) in [5.74, 6) is -1.71. The molecule has 2 aliphatic rings. The van der Waals surface area contributed by atoms with Crippen molar-refractivity contribution < 1.29 is 22.7 Å². The molecule has 0 radical (unpaired) electrons. The van der Waals surface area contributed by atoms with Crippen molar-refractivity contribution in [3.63, 3.8) is 0 Å². The fourth-order valence-electron chi connectivity index (χ4n) is 3.32. The predicted molar refractivity (Wildman–Crippen MR) is 101 cm³/mol. The van der Waals surface area contributed by atoms with Gasteiger partial charge in [-0.2, -0.15) is 17.9 Å². The van der Waals surface area contributed by atoms with Crippen molar-refractivity contribution in [2.45, 2.75) is 10.9 Å². The Hall–Kier alpha value is -3.26. The van der Waals surface area contributed by atoms with Crippen molar-refractivity contribution in [2.75, 3.05) is 7.11 Å². The molecule has 1 aliphatic heterocycles. The van der Waals surface area contributed by atoms with E-state index in [4.69, 9.17) is 4.74 Å². The van der Waals surface area contributed by atoms with Gasteiger partial charge in [0, 0.05) is 0 Å². The first-order chi connectivity index (χ1) is 13.4. The molecule has 0 saturated heterocycles. The highest BCUT2D eigenvalue weighted by Crippen LogP contribution is 2.35. The fourth-order valence-corrected chi connectivity index (χ4v) is 4.75. The van der Waals surface area contributed by atoms with E-state index >= 15 is 0 Å². The largest absolute Gasteiger partial charge is 0.497 e. The van der Waals surface area contributed by atoms with Crippen molar-refractivity contribution in [1.82, 2.24) is 4.41 Å². The quantitative estimate of drug-likeness (QED) is 0.735. The van der Waals surface area contributed by atoms with Crippen LogP contribution in [0.25, 0.3) is 0 Å². The van der Waals surface area contributed by atoms with Gasteiger partial charge in [-0.3, -0.25) is 9.59 Å². The molecule has 142 valence electrons. The summed E-state index contributed by atoms with van der Waals surface area (Å²) < 4.78 is 32.3. The molecule has 1 heterocycles. The van der Waals surface area contributed by atoms with Crippen LogP contribution in [0.4, 0.5) is 0 Å². The van der Waals surface area contributed by atoms with E-state index in [-0.39, 0.29) is 10.6 Å². The fraction of sp³-hybridized carbons (Fsp3) is 0.150. The summed E-state index contributed by atoms with van der Waals surface area (Å²) in [6.45, 7) is 0. The highest BCUT2D eigenvalue weighted by atomic mass is 32.2. The lowest BCUT2D eigenvalue weighted by Crippen LogP contribution is -2.44. The second-order valence-corrected chi connectivity index (χ2v) is 8.16. The Morgan fingerprint density at radius 1 is 1.00 bits per heavy atom. The number of benzene rings is 2. The summed E-state index contributed by atoms with van der Waals surface area (Å²) in [6.07, 6.45) is 2.54. The summed E-state index contributed by atoms with van der Waals surface area (Å²) in [4.78, 5) is 24.6. The zero-order chi connectivity index (χ0) is 19.9. The minimum atomic E-state index is -4.00. The molecule has 4 rings (SSSR count). The molecule has 2 aromatic carbocycles. The van der Waals surface area contributed by atoms with Gasteiger partial charge in [0.15, 0.2) is 0 Å². The Morgan fingerprint density at radius 3 is 2.32 bits per heavy atom. The number of sulfonamides is 1. The number of allylic oxidation sites excluding steroid dienone is 1. The Kier molecular flexibility index (Phi) is 4.35. The number of nitrogens with zero attached hydrogens (tertiary/aromatic N) is 2. The van der Waals surface area contributed by atoms with Gasteiger partial charge in [-0.25, -0.2) is 0 Å². The lowest BCUT2D eigenvalue weighted by molar-refractivity contribution is -0.135. The maximum atomic E-state index is 13.1. The number of ketones is 2. The predicted octanol–water partition coefficient (Wildman–Crippen LogP) is 1.80. The molecule has 0 amide bonds. The minimum Gasteiger partial charge on any atom is -0.497 e. The third kappa shape index (κ3) is 2.82. The normalized spacial score (nSPS) is 21.5. The van der Waals surface area contributed by atoms with Crippen molar-refractivity contribution >= 4 is 27.3 Å². The molecule has 2 aromatic rings. The molecule has 7 nitrogen and oxygen atoms in total. The van der Waals surface area contributed by atoms with Crippen LogP contribution in [0.3, 0.4) is 0 Å². The lowest BCUT2D eigenvalue weighted by atomic mass is 9.83. The van der Waals surface area contributed by atoms with E-state index in [2.05, 4.69) is 5.10 Å². The van der Waals surface area contributed by atoms with Crippen LogP contribution < -0.4 is 4.74 Å². The monoisotopic (exact) mass is 396 g/mol. The van der Waals surface area contributed by atoms with Crippen LogP contribution in [0.15, 0.2) is 76.7 Å². The summed E-state index contributed by atoms with van der Waals surface area (Å²) in [6, 6.07) is 13.7. The standard InChI is InChI=1S/C20H16N2O5S/c1-27-14-9-7-13(8-10-14)19-18-16(11-12-17(23)20(18)24)22(21-19)28(25,26)15-5-3-2-4-6-15/h2-12,16,18H,1H3. The molecule has 0 bridgehead atoms. The van der Waals surface area contributed by atoms with E-state index in [1.165, 1.54) is 25.3 Å². The molecule has 2 unspecified atom stereocenters. The maximum Gasteiger partial charge on any atom is 0.279 e. The molecule has 0 N–H and O–H groups in total. The number of carbonyl (C=O) groups excluding carboxylic acids is 2. The molecule has 0 saturated carbocycles. The van der Waals surface area contributed by atoms with Crippen LogP contribution in [-0.4, -0.2) is 43.3 Å². The second kappa shape index (κ2) is 6.72. The first-order valence-electron chi connectivity index (χ1n) is 8.52. The summed E-state index contributed by atoms with van der Waals surface area (Å²) in [5, 5.41) is 4.29. The van der Waals surface area contributed by atoms with Crippen LogP contribution in [0.5, 0.6) is 5.75 Å². The lowest BCUT2D eigenvalue weighted by Gasteiger charge is -2.25. The second-order valence-electron chi connectivity index (χ2n) is 6.36. The van der Waals surface area contributed by atoms with E-state index in [0.717, 1.165) is 10.5 Å². The molecule has 0 spiro atoms. The van der Waals surface area contributed by atoms with Gasteiger partial charge in [0.2, 0.25) is 11.6 Å². The van der Waals surface area contributed by atoms with E-state index in [9.17, 15) is 18.0 Å². The Balaban J connectivity index is 1.84. The summed E-state index contributed by atoms with van der Waals surface area (Å²) >= 11 is 0. The van der Waals surface area contributed by atoms with Crippen molar-refractivity contribution in [1.29, 1.82) is 0 Å². The Morgan fingerprint density at radius 2 is 1.68 bits per heavy atom. The first-order valence-corrected chi connectivity index (χ1v) is 9.96. The maximum absolute atomic E-state index is 13.1. The van der Waals surface area contributed by atoms with Crippen LogP contribution >= 0.6 is 0 Å². The summed E-state index contributed by atoms with van der Waals surface area (Å²) in [7, 11) is -2.47. The summed E-state index contributed by atoms with van der Waals surface area (Å²) in [5.41, 5.74) is 0.799. The molecular weight excluding hydrogens is 380 g/mol. The molecule has 0 aromatic heterocycles.